The van der Waals surface area contributed by atoms with E-state index in [1.165, 1.54) is 21.6 Å². The van der Waals surface area contributed by atoms with Crippen LogP contribution in [-0.4, -0.2) is 16.0 Å². The first-order chi connectivity index (χ1) is 11.6. The summed E-state index contributed by atoms with van der Waals surface area (Å²) in [6.07, 6.45) is 3.77. The molecule has 0 aliphatic heterocycles. The normalized spacial score (nSPS) is 10.9. The van der Waals surface area contributed by atoms with Crippen LogP contribution in [0.5, 0.6) is 0 Å². The van der Waals surface area contributed by atoms with Crippen LogP contribution in [0.15, 0.2) is 33.4 Å². The predicted molar refractivity (Wildman–Crippen MR) is 90.6 cm³/mol. The van der Waals surface area contributed by atoms with Crippen molar-refractivity contribution < 1.29 is 13.7 Å². The number of furan rings is 1. The van der Waals surface area contributed by atoms with Crippen LogP contribution in [0.25, 0.3) is 11.7 Å². The lowest BCUT2D eigenvalue weighted by atomic mass is 10.1. The highest BCUT2D eigenvalue weighted by Crippen LogP contribution is 2.22. The number of nitrogens with zero attached hydrogens (tertiary/aromatic N) is 2. The van der Waals surface area contributed by atoms with Crippen LogP contribution in [0, 0.1) is 13.8 Å². The first-order valence-electron chi connectivity index (χ1n) is 7.81. The second-order valence-electron chi connectivity index (χ2n) is 5.56. The average molecular weight is 345 g/mol. The van der Waals surface area contributed by atoms with Crippen molar-refractivity contribution in [3.63, 3.8) is 0 Å². The Kier molecular flexibility index (Phi) is 5.10. The maximum atomic E-state index is 11.9. The minimum Gasteiger partial charge on any atom is -0.459 e. The SMILES string of the molecule is Cc1cc(CCCC(=O)NCc2noc(-c3ccco3)n2)c(C)s1. The van der Waals surface area contributed by atoms with Gasteiger partial charge in [0.15, 0.2) is 11.6 Å². The van der Waals surface area contributed by atoms with Gasteiger partial charge in [-0.2, -0.15) is 4.98 Å². The zero-order chi connectivity index (χ0) is 16.9. The molecular formula is C17H19N3O3S. The van der Waals surface area contributed by atoms with Crippen molar-refractivity contribution in [2.24, 2.45) is 0 Å². The van der Waals surface area contributed by atoms with Crippen molar-refractivity contribution in [2.75, 3.05) is 0 Å². The highest BCUT2D eigenvalue weighted by atomic mass is 32.1. The molecule has 7 heteroatoms. The molecule has 3 rings (SSSR count). The summed E-state index contributed by atoms with van der Waals surface area (Å²) in [5.74, 6) is 1.25. The number of carbonyl (C=O) groups is 1. The number of aryl methyl sites for hydroxylation is 3. The van der Waals surface area contributed by atoms with Gasteiger partial charge in [-0.05, 0) is 50.5 Å². The summed E-state index contributed by atoms with van der Waals surface area (Å²) in [4.78, 5) is 18.8. The van der Waals surface area contributed by atoms with Gasteiger partial charge in [0, 0.05) is 16.2 Å². The minimum absolute atomic E-state index is 0.0102. The Balaban J connectivity index is 1.42. The van der Waals surface area contributed by atoms with E-state index in [2.05, 4.69) is 35.4 Å². The third kappa shape index (κ3) is 4.11. The molecule has 0 fully saturated rings. The third-order valence-corrected chi connectivity index (χ3v) is 4.65. The van der Waals surface area contributed by atoms with Crippen LogP contribution in [0.4, 0.5) is 0 Å². The highest BCUT2D eigenvalue weighted by molar-refractivity contribution is 7.12. The van der Waals surface area contributed by atoms with Crippen LogP contribution in [-0.2, 0) is 17.8 Å². The smallest absolute Gasteiger partial charge is 0.293 e. The summed E-state index contributed by atoms with van der Waals surface area (Å²) in [5, 5.41) is 6.64. The van der Waals surface area contributed by atoms with E-state index in [4.69, 9.17) is 8.94 Å². The quantitative estimate of drug-likeness (QED) is 0.707. The van der Waals surface area contributed by atoms with Crippen molar-refractivity contribution in [3.8, 4) is 11.7 Å². The number of amides is 1. The number of rotatable bonds is 7. The van der Waals surface area contributed by atoms with Gasteiger partial charge in [0.05, 0.1) is 12.8 Å². The molecule has 0 saturated carbocycles. The summed E-state index contributed by atoms with van der Waals surface area (Å²) in [5.41, 5.74) is 1.34. The first kappa shape index (κ1) is 16.4. The van der Waals surface area contributed by atoms with Gasteiger partial charge in [0.25, 0.3) is 5.89 Å². The summed E-state index contributed by atoms with van der Waals surface area (Å²) >= 11 is 1.80. The zero-order valence-electron chi connectivity index (χ0n) is 13.7. The number of thiophene rings is 1. The van der Waals surface area contributed by atoms with Crippen LogP contribution in [0.2, 0.25) is 0 Å². The first-order valence-corrected chi connectivity index (χ1v) is 8.62. The molecule has 3 heterocycles. The molecule has 1 amide bonds. The van der Waals surface area contributed by atoms with Gasteiger partial charge < -0.3 is 14.3 Å². The molecule has 0 radical (unpaired) electrons. The van der Waals surface area contributed by atoms with Crippen LogP contribution in [0.3, 0.4) is 0 Å². The number of hydrogen-bond acceptors (Lipinski definition) is 6. The molecule has 0 bridgehead atoms. The maximum Gasteiger partial charge on any atom is 0.293 e. The molecule has 24 heavy (non-hydrogen) atoms. The lowest BCUT2D eigenvalue weighted by Crippen LogP contribution is -2.23. The number of hydrogen-bond donors (Lipinski definition) is 1. The maximum absolute atomic E-state index is 11.9. The summed E-state index contributed by atoms with van der Waals surface area (Å²) in [6, 6.07) is 5.69. The van der Waals surface area contributed by atoms with Crippen LogP contribution >= 0.6 is 11.3 Å². The van der Waals surface area contributed by atoms with E-state index >= 15 is 0 Å². The van der Waals surface area contributed by atoms with Crippen molar-refractivity contribution in [3.05, 3.63) is 45.6 Å². The van der Waals surface area contributed by atoms with Gasteiger partial charge >= 0.3 is 0 Å². The Bertz CT molecular complexity index is 805. The van der Waals surface area contributed by atoms with Gasteiger partial charge in [0.2, 0.25) is 5.91 Å². The molecule has 3 aromatic heterocycles. The molecule has 0 unspecified atom stereocenters. The van der Waals surface area contributed by atoms with E-state index in [9.17, 15) is 4.79 Å². The molecule has 126 valence electrons. The second kappa shape index (κ2) is 7.44. The fourth-order valence-corrected chi connectivity index (χ4v) is 3.44. The lowest BCUT2D eigenvalue weighted by molar-refractivity contribution is -0.121. The van der Waals surface area contributed by atoms with Crippen molar-refractivity contribution in [1.82, 2.24) is 15.5 Å². The van der Waals surface area contributed by atoms with Gasteiger partial charge in [0.1, 0.15) is 0 Å². The van der Waals surface area contributed by atoms with Crippen molar-refractivity contribution in [1.29, 1.82) is 0 Å². The van der Waals surface area contributed by atoms with E-state index in [1.807, 2.05) is 0 Å². The van der Waals surface area contributed by atoms with E-state index in [0.29, 0.717) is 23.9 Å². The Morgan fingerprint density at radius 3 is 2.96 bits per heavy atom. The van der Waals surface area contributed by atoms with E-state index < -0.39 is 0 Å². The number of carbonyl (C=O) groups excluding carboxylic acids is 1. The van der Waals surface area contributed by atoms with Crippen molar-refractivity contribution in [2.45, 2.75) is 39.7 Å². The monoisotopic (exact) mass is 345 g/mol. The predicted octanol–water partition coefficient (Wildman–Crippen LogP) is 3.65. The van der Waals surface area contributed by atoms with Crippen LogP contribution in [0.1, 0.15) is 34.0 Å². The fraction of sp³-hybridized carbons (Fsp3) is 0.353. The molecule has 0 atom stereocenters. The van der Waals surface area contributed by atoms with Gasteiger partial charge in [-0.3, -0.25) is 4.79 Å². The topological polar surface area (TPSA) is 81.2 Å². The van der Waals surface area contributed by atoms with E-state index in [1.54, 1.807) is 23.5 Å². The molecule has 0 aliphatic rings. The summed E-state index contributed by atoms with van der Waals surface area (Å²) in [6.45, 7) is 4.48. The Hall–Kier alpha value is -2.41. The van der Waals surface area contributed by atoms with Gasteiger partial charge in [-0.15, -0.1) is 11.3 Å². The standard InChI is InChI=1S/C17H19N3O3S/c1-11-9-13(12(2)24-11)5-3-7-16(21)18-10-15-19-17(23-20-15)14-6-4-8-22-14/h4,6,8-9H,3,5,7,10H2,1-2H3,(H,18,21). The van der Waals surface area contributed by atoms with Crippen LogP contribution < -0.4 is 5.32 Å². The molecule has 0 saturated heterocycles. The molecule has 0 aromatic carbocycles. The molecule has 1 N–H and O–H groups in total. The third-order valence-electron chi connectivity index (χ3n) is 3.64. The highest BCUT2D eigenvalue weighted by Gasteiger charge is 2.12. The lowest BCUT2D eigenvalue weighted by Gasteiger charge is -2.02. The van der Waals surface area contributed by atoms with Gasteiger partial charge in [-0.25, -0.2) is 0 Å². The van der Waals surface area contributed by atoms with E-state index in [0.717, 1.165) is 12.8 Å². The molecule has 0 spiro atoms. The molecule has 0 aliphatic carbocycles. The number of nitrogens with one attached hydrogen (secondary N) is 1. The zero-order valence-corrected chi connectivity index (χ0v) is 14.5. The Labute approximate surface area is 143 Å². The summed E-state index contributed by atoms with van der Waals surface area (Å²) < 4.78 is 10.3. The minimum atomic E-state index is -0.0102. The van der Waals surface area contributed by atoms with Gasteiger partial charge in [-0.1, -0.05) is 5.16 Å². The second-order valence-corrected chi connectivity index (χ2v) is 7.02. The molecular weight excluding hydrogens is 326 g/mol. The summed E-state index contributed by atoms with van der Waals surface area (Å²) in [7, 11) is 0. The molecule has 6 nitrogen and oxygen atoms in total. The fourth-order valence-electron chi connectivity index (χ4n) is 2.46. The molecule has 3 aromatic rings. The van der Waals surface area contributed by atoms with Crippen molar-refractivity contribution >= 4 is 17.2 Å². The Morgan fingerprint density at radius 2 is 2.25 bits per heavy atom. The largest absolute Gasteiger partial charge is 0.459 e. The van der Waals surface area contributed by atoms with E-state index in [-0.39, 0.29) is 12.5 Å². The average Bonchev–Trinajstić information content (AvgIpc) is 3.27. The number of aromatic nitrogens is 2. The Morgan fingerprint density at radius 1 is 1.38 bits per heavy atom.